The second kappa shape index (κ2) is 7.09. The summed E-state index contributed by atoms with van der Waals surface area (Å²) >= 11 is 0. The SMILES string of the molecule is OB(O)c1ccc(COCCc2ccccc2)cc1. The van der Waals surface area contributed by atoms with Gasteiger partial charge in [-0.2, -0.15) is 0 Å². The molecule has 0 unspecified atom stereocenters. The second-order valence-corrected chi connectivity index (χ2v) is 4.40. The van der Waals surface area contributed by atoms with E-state index in [0.29, 0.717) is 18.7 Å². The van der Waals surface area contributed by atoms with Crippen LogP contribution < -0.4 is 5.46 Å². The molecule has 0 aliphatic heterocycles. The zero-order valence-corrected chi connectivity index (χ0v) is 10.7. The Kier molecular flexibility index (Phi) is 5.15. The maximum absolute atomic E-state index is 8.98. The van der Waals surface area contributed by atoms with Crippen LogP contribution in [0.2, 0.25) is 0 Å². The van der Waals surface area contributed by atoms with Crippen LogP contribution in [0.1, 0.15) is 11.1 Å². The van der Waals surface area contributed by atoms with Gasteiger partial charge in [0, 0.05) is 0 Å². The molecule has 0 fully saturated rings. The second-order valence-electron chi connectivity index (χ2n) is 4.40. The maximum Gasteiger partial charge on any atom is 0.488 e. The smallest absolute Gasteiger partial charge is 0.423 e. The van der Waals surface area contributed by atoms with Gasteiger partial charge in [0.25, 0.3) is 0 Å². The highest BCUT2D eigenvalue weighted by atomic mass is 16.5. The highest BCUT2D eigenvalue weighted by Gasteiger charge is 2.09. The van der Waals surface area contributed by atoms with E-state index >= 15 is 0 Å². The van der Waals surface area contributed by atoms with Crippen molar-refractivity contribution in [2.45, 2.75) is 13.0 Å². The molecule has 0 aromatic heterocycles. The van der Waals surface area contributed by atoms with Gasteiger partial charge in [-0.3, -0.25) is 0 Å². The van der Waals surface area contributed by atoms with Crippen molar-refractivity contribution < 1.29 is 14.8 Å². The Morgan fingerprint density at radius 3 is 2.16 bits per heavy atom. The lowest BCUT2D eigenvalue weighted by molar-refractivity contribution is 0.124. The lowest BCUT2D eigenvalue weighted by Gasteiger charge is -2.06. The fourth-order valence-electron chi connectivity index (χ4n) is 1.81. The van der Waals surface area contributed by atoms with Crippen molar-refractivity contribution in [3.05, 3.63) is 65.7 Å². The number of ether oxygens (including phenoxy) is 1. The molecule has 0 aliphatic rings. The van der Waals surface area contributed by atoms with Crippen molar-refractivity contribution in [2.75, 3.05) is 6.61 Å². The molecule has 0 amide bonds. The Hall–Kier alpha value is -1.62. The molecule has 0 saturated carbocycles. The molecule has 2 aromatic carbocycles. The van der Waals surface area contributed by atoms with Crippen LogP contribution in [0, 0.1) is 0 Å². The Morgan fingerprint density at radius 1 is 0.842 bits per heavy atom. The van der Waals surface area contributed by atoms with E-state index in [0.717, 1.165) is 12.0 Å². The molecule has 0 radical (unpaired) electrons. The minimum absolute atomic E-state index is 0.494. The average Bonchev–Trinajstić information content (AvgIpc) is 2.45. The van der Waals surface area contributed by atoms with Crippen LogP contribution in [0.3, 0.4) is 0 Å². The minimum atomic E-state index is -1.41. The number of hydrogen-bond acceptors (Lipinski definition) is 3. The largest absolute Gasteiger partial charge is 0.488 e. The van der Waals surface area contributed by atoms with Crippen molar-refractivity contribution >= 4 is 12.6 Å². The summed E-state index contributed by atoms with van der Waals surface area (Å²) in [5.74, 6) is 0. The van der Waals surface area contributed by atoms with Crippen molar-refractivity contribution in [1.29, 1.82) is 0 Å². The highest BCUT2D eigenvalue weighted by molar-refractivity contribution is 6.58. The molecule has 2 aromatic rings. The summed E-state index contributed by atoms with van der Waals surface area (Å²) in [5.41, 5.74) is 2.78. The standard InChI is InChI=1S/C15H17BO3/c17-16(18)15-8-6-14(7-9-15)12-19-11-10-13-4-2-1-3-5-13/h1-9,17-18H,10-12H2. The van der Waals surface area contributed by atoms with Crippen LogP contribution >= 0.6 is 0 Å². The first kappa shape index (κ1) is 13.8. The molecule has 0 saturated heterocycles. The first-order valence-corrected chi connectivity index (χ1v) is 6.32. The molecular formula is C15H17BO3. The predicted octanol–water partition coefficient (Wildman–Crippen LogP) is 1.13. The summed E-state index contributed by atoms with van der Waals surface area (Å²) in [7, 11) is -1.41. The summed E-state index contributed by atoms with van der Waals surface area (Å²) in [6.07, 6.45) is 0.897. The molecule has 0 aliphatic carbocycles. The summed E-state index contributed by atoms with van der Waals surface area (Å²) in [6.45, 7) is 1.21. The van der Waals surface area contributed by atoms with Gasteiger partial charge in [-0.1, -0.05) is 54.6 Å². The first-order chi connectivity index (χ1) is 9.25. The van der Waals surface area contributed by atoms with Gasteiger partial charge in [0.15, 0.2) is 0 Å². The third kappa shape index (κ3) is 4.52. The third-order valence-electron chi connectivity index (χ3n) is 2.92. The van der Waals surface area contributed by atoms with Gasteiger partial charge < -0.3 is 14.8 Å². The van der Waals surface area contributed by atoms with Gasteiger partial charge in [0.2, 0.25) is 0 Å². The summed E-state index contributed by atoms with van der Waals surface area (Å²) in [6, 6.07) is 17.3. The van der Waals surface area contributed by atoms with Crippen molar-refractivity contribution in [1.82, 2.24) is 0 Å². The van der Waals surface area contributed by atoms with E-state index in [1.807, 2.05) is 30.3 Å². The zero-order chi connectivity index (χ0) is 13.5. The Bertz CT molecular complexity index is 483. The van der Waals surface area contributed by atoms with Crippen LogP contribution in [0.15, 0.2) is 54.6 Å². The molecule has 0 atom stereocenters. The quantitative estimate of drug-likeness (QED) is 0.601. The van der Waals surface area contributed by atoms with Gasteiger partial charge in [-0.25, -0.2) is 0 Å². The Balaban J connectivity index is 1.74. The molecule has 2 rings (SSSR count). The fourth-order valence-corrected chi connectivity index (χ4v) is 1.81. The van der Waals surface area contributed by atoms with Crippen LogP contribution in [0.5, 0.6) is 0 Å². The Labute approximate surface area is 113 Å². The summed E-state index contributed by atoms with van der Waals surface area (Å²) < 4.78 is 5.60. The summed E-state index contributed by atoms with van der Waals surface area (Å²) in [4.78, 5) is 0. The zero-order valence-electron chi connectivity index (χ0n) is 10.7. The van der Waals surface area contributed by atoms with Gasteiger partial charge >= 0.3 is 7.12 Å². The Morgan fingerprint density at radius 2 is 1.53 bits per heavy atom. The van der Waals surface area contributed by atoms with Crippen LogP contribution in [0.4, 0.5) is 0 Å². The molecule has 3 nitrogen and oxygen atoms in total. The van der Waals surface area contributed by atoms with Crippen molar-refractivity contribution in [3.63, 3.8) is 0 Å². The van der Waals surface area contributed by atoms with E-state index in [9.17, 15) is 0 Å². The van der Waals surface area contributed by atoms with Crippen LogP contribution in [-0.4, -0.2) is 23.8 Å². The van der Waals surface area contributed by atoms with E-state index in [2.05, 4.69) is 12.1 Å². The van der Waals surface area contributed by atoms with E-state index in [1.54, 1.807) is 12.1 Å². The van der Waals surface area contributed by atoms with Crippen molar-refractivity contribution in [2.24, 2.45) is 0 Å². The van der Waals surface area contributed by atoms with Gasteiger partial charge in [0.05, 0.1) is 13.2 Å². The number of hydrogen-bond donors (Lipinski definition) is 2. The average molecular weight is 256 g/mol. The van der Waals surface area contributed by atoms with Crippen LogP contribution in [-0.2, 0) is 17.8 Å². The predicted molar refractivity (Wildman–Crippen MR) is 76.1 cm³/mol. The number of benzene rings is 2. The van der Waals surface area contributed by atoms with E-state index in [-0.39, 0.29) is 0 Å². The molecule has 2 N–H and O–H groups in total. The normalized spacial score (nSPS) is 10.4. The molecule has 4 heteroatoms. The van der Waals surface area contributed by atoms with Crippen LogP contribution in [0.25, 0.3) is 0 Å². The fraction of sp³-hybridized carbons (Fsp3) is 0.200. The lowest BCUT2D eigenvalue weighted by Crippen LogP contribution is -2.29. The lowest BCUT2D eigenvalue weighted by atomic mass is 9.80. The molecule has 98 valence electrons. The van der Waals surface area contributed by atoms with Crippen molar-refractivity contribution in [3.8, 4) is 0 Å². The third-order valence-corrected chi connectivity index (χ3v) is 2.92. The topological polar surface area (TPSA) is 49.7 Å². The first-order valence-electron chi connectivity index (χ1n) is 6.32. The molecular weight excluding hydrogens is 239 g/mol. The monoisotopic (exact) mass is 256 g/mol. The van der Waals surface area contributed by atoms with E-state index < -0.39 is 7.12 Å². The summed E-state index contributed by atoms with van der Waals surface area (Å²) in [5, 5.41) is 18.0. The van der Waals surface area contributed by atoms with E-state index in [1.165, 1.54) is 5.56 Å². The van der Waals surface area contributed by atoms with Gasteiger partial charge in [-0.15, -0.1) is 0 Å². The maximum atomic E-state index is 8.98. The van der Waals surface area contributed by atoms with E-state index in [4.69, 9.17) is 14.8 Å². The molecule has 0 spiro atoms. The molecule has 19 heavy (non-hydrogen) atoms. The highest BCUT2D eigenvalue weighted by Crippen LogP contribution is 2.03. The van der Waals surface area contributed by atoms with Gasteiger partial charge in [0.1, 0.15) is 0 Å². The van der Waals surface area contributed by atoms with Gasteiger partial charge in [-0.05, 0) is 23.0 Å². The number of rotatable bonds is 6. The molecule has 0 bridgehead atoms. The minimum Gasteiger partial charge on any atom is -0.423 e. The molecule has 0 heterocycles.